The topological polar surface area (TPSA) is 73.8 Å². The zero-order valence-electron chi connectivity index (χ0n) is 27.0. The maximum Gasteiger partial charge on any atom is 0.449 e. The highest BCUT2D eigenvalue weighted by Crippen LogP contribution is 2.64. The predicted molar refractivity (Wildman–Crippen MR) is 159 cm³/mol. The fraction of sp³-hybridized carbons (Fsp3) is 0.875. The Morgan fingerprint density at radius 2 is 1.00 bits per heavy atom. The standard InChI is InChI=1S/C32H40F6O8S2/c1-15-5-7-21-17(23(31(33,34)35)39-25-29(21)19(15)9-11-27(3,41-25)43-45-29)13-47-48-14-18-22-8-6-16(2)20-10-12-28(4)42-26(30(20,22)46-44-28)40-24(18)32(36,37)38/h15-16,19-22,25-26H,5-14H2,1-4H3/t15-,16-,19?,20?,21+,22+,25-,26-,27-,28-,29-,30-/m1/s1. The second-order valence-electron chi connectivity index (χ2n) is 15.2. The molecule has 0 amide bonds. The molecule has 10 rings (SSSR count). The molecule has 0 radical (unpaired) electrons. The molecule has 8 fully saturated rings. The SMILES string of the molecule is C[C@@H]1CC[C@H]2C(CSSCC3=C(C(F)(F)F)O[C@@H]4O[C@@]5(C)CCC6[C@H](C)CC[C@@H]3[C@]64OO5)=C(C(F)(F)F)O[C@@H]3O[C@@]4(C)CCC1[C@]32OO4. The zero-order valence-corrected chi connectivity index (χ0v) is 28.7. The number of hydrogen-bond acceptors (Lipinski definition) is 10. The maximum absolute atomic E-state index is 14.6. The van der Waals surface area contributed by atoms with Gasteiger partial charge in [-0.15, -0.1) is 0 Å². The molecule has 16 heteroatoms. The van der Waals surface area contributed by atoms with E-state index < -0.39 is 71.1 Å². The van der Waals surface area contributed by atoms with Gasteiger partial charge in [0.25, 0.3) is 0 Å². The first-order valence-electron chi connectivity index (χ1n) is 16.8. The molecule has 2 spiro atoms. The van der Waals surface area contributed by atoms with Gasteiger partial charge in [0, 0.05) is 48.0 Å². The van der Waals surface area contributed by atoms with Gasteiger partial charge in [0.2, 0.25) is 35.7 Å². The van der Waals surface area contributed by atoms with Crippen molar-refractivity contribution in [2.24, 2.45) is 35.5 Å². The Morgan fingerprint density at radius 1 is 0.604 bits per heavy atom. The van der Waals surface area contributed by atoms with Crippen LogP contribution in [0.2, 0.25) is 0 Å². The monoisotopic (exact) mass is 730 g/mol. The summed E-state index contributed by atoms with van der Waals surface area (Å²) in [6.45, 7) is 7.40. The molecule has 0 aromatic rings. The maximum atomic E-state index is 14.6. The first-order chi connectivity index (χ1) is 22.5. The molecule has 0 N–H and O–H groups in total. The summed E-state index contributed by atoms with van der Waals surface area (Å²) in [6, 6.07) is 0. The van der Waals surface area contributed by atoms with Gasteiger partial charge in [-0.3, -0.25) is 0 Å². The summed E-state index contributed by atoms with van der Waals surface area (Å²) in [5.41, 5.74) is -2.50. The van der Waals surface area contributed by atoms with E-state index in [2.05, 4.69) is 13.8 Å². The first-order valence-corrected chi connectivity index (χ1v) is 19.3. The average Bonchev–Trinajstić information content (AvgIpc) is 3.38. The minimum Gasteiger partial charge on any atom is -0.456 e. The summed E-state index contributed by atoms with van der Waals surface area (Å²) in [7, 11) is 2.12. The van der Waals surface area contributed by atoms with Crippen molar-refractivity contribution in [3.8, 4) is 0 Å². The van der Waals surface area contributed by atoms with Crippen LogP contribution in [0, 0.1) is 35.5 Å². The molecule has 4 bridgehead atoms. The predicted octanol–water partition coefficient (Wildman–Crippen LogP) is 8.49. The van der Waals surface area contributed by atoms with E-state index in [4.69, 9.17) is 38.5 Å². The summed E-state index contributed by atoms with van der Waals surface area (Å²) in [5, 5.41) is 0. The van der Waals surface area contributed by atoms with Crippen LogP contribution in [0.15, 0.2) is 22.7 Å². The van der Waals surface area contributed by atoms with Crippen LogP contribution in [0.5, 0.6) is 0 Å². The molecular formula is C32H40F6O8S2. The van der Waals surface area contributed by atoms with Crippen LogP contribution in [-0.2, 0) is 38.5 Å². The van der Waals surface area contributed by atoms with Gasteiger partial charge in [0.15, 0.2) is 11.2 Å². The number of rotatable bonds is 5. The molecule has 8 nitrogen and oxygen atoms in total. The Morgan fingerprint density at radius 3 is 1.38 bits per heavy atom. The third-order valence-corrected chi connectivity index (χ3v) is 14.6. The van der Waals surface area contributed by atoms with Gasteiger partial charge >= 0.3 is 12.4 Å². The number of allylic oxidation sites excluding steroid dienone is 2. The summed E-state index contributed by atoms with van der Waals surface area (Å²) < 4.78 is 111. The van der Waals surface area contributed by atoms with Gasteiger partial charge in [-0.05, 0) is 75.4 Å². The van der Waals surface area contributed by atoms with Crippen LogP contribution in [0.4, 0.5) is 26.3 Å². The normalized spacial score (nSPS) is 48.3. The Labute approximate surface area is 282 Å². The Bertz CT molecular complexity index is 1290. The Balaban J connectivity index is 1.09. The summed E-state index contributed by atoms with van der Waals surface area (Å²) in [4.78, 5) is 23.6. The molecule has 2 saturated carbocycles. The number of ether oxygens (including phenoxy) is 4. The molecule has 2 unspecified atom stereocenters. The zero-order chi connectivity index (χ0) is 34.1. The molecule has 0 aromatic carbocycles. The highest BCUT2D eigenvalue weighted by atomic mass is 33.1. The number of alkyl halides is 6. The minimum atomic E-state index is -4.81. The van der Waals surface area contributed by atoms with E-state index in [9.17, 15) is 26.3 Å². The lowest BCUT2D eigenvalue weighted by atomic mass is 9.59. The quantitative estimate of drug-likeness (QED) is 0.119. The second-order valence-corrected chi connectivity index (χ2v) is 17.6. The molecule has 12 atom stereocenters. The van der Waals surface area contributed by atoms with Crippen molar-refractivity contribution >= 4 is 21.6 Å². The first kappa shape index (κ1) is 34.2. The van der Waals surface area contributed by atoms with Gasteiger partial charge in [0.1, 0.15) is 0 Å². The minimum absolute atomic E-state index is 0.0152. The van der Waals surface area contributed by atoms with Crippen LogP contribution >= 0.6 is 21.6 Å². The fourth-order valence-corrected chi connectivity index (χ4v) is 12.4. The van der Waals surface area contributed by atoms with Crippen LogP contribution in [0.1, 0.15) is 79.1 Å². The van der Waals surface area contributed by atoms with Gasteiger partial charge < -0.3 is 18.9 Å². The molecular weight excluding hydrogens is 690 g/mol. The van der Waals surface area contributed by atoms with Crippen LogP contribution in [0.25, 0.3) is 0 Å². The third kappa shape index (κ3) is 5.03. The second kappa shape index (κ2) is 11.3. The number of fused-ring (bicyclic) bond motifs is 4. The van der Waals surface area contributed by atoms with E-state index in [1.807, 2.05) is 0 Å². The number of halogens is 6. The van der Waals surface area contributed by atoms with Crippen molar-refractivity contribution in [3.05, 3.63) is 22.7 Å². The summed E-state index contributed by atoms with van der Waals surface area (Å²) in [5.74, 6) is -6.45. The van der Waals surface area contributed by atoms with Crippen molar-refractivity contribution in [2.45, 2.75) is 127 Å². The molecule has 8 aliphatic heterocycles. The van der Waals surface area contributed by atoms with Crippen molar-refractivity contribution < 1.29 is 64.8 Å². The highest BCUT2D eigenvalue weighted by Gasteiger charge is 2.72. The molecule has 48 heavy (non-hydrogen) atoms. The molecule has 0 aromatic heterocycles. The van der Waals surface area contributed by atoms with E-state index in [0.717, 1.165) is 21.6 Å². The van der Waals surface area contributed by atoms with E-state index in [0.29, 0.717) is 51.4 Å². The molecule has 8 heterocycles. The lowest BCUT2D eigenvalue weighted by Gasteiger charge is -2.57. The van der Waals surface area contributed by atoms with Crippen molar-refractivity contribution in [1.29, 1.82) is 0 Å². The van der Waals surface area contributed by atoms with Gasteiger partial charge in [-0.2, -0.15) is 26.3 Å². The summed E-state index contributed by atoms with van der Waals surface area (Å²) >= 11 is 0. The molecule has 2 aliphatic carbocycles. The van der Waals surface area contributed by atoms with Crippen LogP contribution in [0.3, 0.4) is 0 Å². The van der Waals surface area contributed by atoms with E-state index in [1.165, 1.54) is 0 Å². The fourth-order valence-electron chi connectivity index (χ4n) is 10.0. The van der Waals surface area contributed by atoms with E-state index in [1.54, 1.807) is 13.8 Å². The largest absolute Gasteiger partial charge is 0.456 e. The van der Waals surface area contributed by atoms with Gasteiger partial charge in [-0.1, -0.05) is 35.4 Å². The lowest BCUT2D eigenvalue weighted by Crippen LogP contribution is -2.67. The van der Waals surface area contributed by atoms with Crippen molar-refractivity contribution in [1.82, 2.24) is 0 Å². The van der Waals surface area contributed by atoms with E-state index >= 15 is 0 Å². The third-order valence-electron chi connectivity index (χ3n) is 12.3. The Hall–Kier alpha value is -0.880. The van der Waals surface area contributed by atoms with Crippen LogP contribution < -0.4 is 0 Å². The van der Waals surface area contributed by atoms with Gasteiger partial charge in [-0.25, -0.2) is 19.6 Å². The lowest BCUT2D eigenvalue weighted by molar-refractivity contribution is -0.557. The molecule has 270 valence electrons. The molecule has 10 aliphatic rings. The number of hydrogen-bond donors (Lipinski definition) is 0. The van der Waals surface area contributed by atoms with Crippen molar-refractivity contribution in [2.75, 3.05) is 11.5 Å². The average molecular weight is 731 g/mol. The van der Waals surface area contributed by atoms with E-state index in [-0.39, 0.29) is 46.3 Å². The Kier molecular flexibility index (Phi) is 8.06. The smallest absolute Gasteiger partial charge is 0.449 e. The highest BCUT2D eigenvalue weighted by molar-refractivity contribution is 8.76. The summed E-state index contributed by atoms with van der Waals surface area (Å²) in [6.07, 6.45) is -7.89. The van der Waals surface area contributed by atoms with Crippen LogP contribution in [-0.4, -0.2) is 59.2 Å². The molecule has 6 saturated heterocycles. The van der Waals surface area contributed by atoms with Gasteiger partial charge in [0.05, 0.1) is 0 Å². The van der Waals surface area contributed by atoms with Crippen molar-refractivity contribution in [3.63, 3.8) is 0 Å².